The molecule has 0 amide bonds. The van der Waals surface area contributed by atoms with Crippen molar-refractivity contribution < 1.29 is 14.6 Å². The van der Waals surface area contributed by atoms with E-state index in [0.29, 0.717) is 28.7 Å². The van der Waals surface area contributed by atoms with Crippen LogP contribution in [0.2, 0.25) is 5.02 Å². The van der Waals surface area contributed by atoms with E-state index in [-0.39, 0.29) is 12.0 Å². The van der Waals surface area contributed by atoms with Crippen molar-refractivity contribution in [1.29, 1.82) is 5.26 Å². The van der Waals surface area contributed by atoms with Crippen LogP contribution in [-0.4, -0.2) is 18.8 Å². The van der Waals surface area contributed by atoms with Crippen LogP contribution in [0.25, 0.3) is 0 Å². The monoisotopic (exact) mass is 311 g/mol. The molecule has 1 rings (SSSR count). The highest BCUT2D eigenvalue weighted by Gasteiger charge is 2.16. The molecule has 0 saturated carbocycles. The summed E-state index contributed by atoms with van der Waals surface area (Å²) in [7, 11) is 1.54. The van der Waals surface area contributed by atoms with Crippen LogP contribution in [0.15, 0.2) is 12.1 Å². The average molecular weight is 312 g/mol. The van der Waals surface area contributed by atoms with Crippen LogP contribution in [0.1, 0.15) is 38.7 Å². The molecule has 0 aliphatic rings. The largest absolute Gasteiger partial charge is 0.493 e. The fourth-order valence-electron chi connectivity index (χ4n) is 1.90. The first-order valence-corrected chi connectivity index (χ1v) is 7.32. The summed E-state index contributed by atoms with van der Waals surface area (Å²) in [5.74, 6) is 1.01. The van der Waals surface area contributed by atoms with Crippen LogP contribution in [0.5, 0.6) is 11.5 Å². The second-order valence-corrected chi connectivity index (χ2v) is 5.98. The van der Waals surface area contributed by atoms with E-state index < -0.39 is 0 Å². The topological polar surface area (TPSA) is 62.5 Å². The second-order valence-electron chi connectivity index (χ2n) is 5.57. The van der Waals surface area contributed by atoms with E-state index in [0.717, 1.165) is 19.3 Å². The lowest BCUT2D eigenvalue weighted by molar-refractivity contribution is 0.272. The van der Waals surface area contributed by atoms with Gasteiger partial charge < -0.3 is 14.6 Å². The first kappa shape index (κ1) is 17.6. The van der Waals surface area contributed by atoms with E-state index in [1.807, 2.05) is 13.8 Å². The number of nitriles is 1. The number of aliphatic hydroxyl groups is 1. The van der Waals surface area contributed by atoms with E-state index in [1.165, 1.54) is 7.11 Å². The van der Waals surface area contributed by atoms with E-state index in [9.17, 15) is 0 Å². The van der Waals surface area contributed by atoms with Crippen LogP contribution >= 0.6 is 11.6 Å². The molecular formula is C16H22ClNO3. The molecule has 116 valence electrons. The van der Waals surface area contributed by atoms with Gasteiger partial charge in [0.1, 0.15) is 0 Å². The summed E-state index contributed by atoms with van der Waals surface area (Å²) in [4.78, 5) is 0. The van der Waals surface area contributed by atoms with Gasteiger partial charge >= 0.3 is 0 Å². The summed E-state index contributed by atoms with van der Waals surface area (Å²) < 4.78 is 10.9. The molecule has 0 aromatic heterocycles. The number of hydrogen-bond acceptors (Lipinski definition) is 4. The number of methoxy groups -OCH3 is 1. The molecule has 0 radical (unpaired) electrons. The molecule has 21 heavy (non-hydrogen) atoms. The molecule has 0 aliphatic heterocycles. The van der Waals surface area contributed by atoms with Crippen molar-refractivity contribution in [2.45, 2.75) is 39.7 Å². The van der Waals surface area contributed by atoms with Crippen molar-refractivity contribution in [3.63, 3.8) is 0 Å². The quantitative estimate of drug-likeness (QED) is 0.739. The summed E-state index contributed by atoms with van der Waals surface area (Å²) in [5, 5.41) is 18.5. The average Bonchev–Trinajstić information content (AvgIpc) is 2.47. The predicted octanol–water partition coefficient (Wildman–Crippen LogP) is 3.94. The van der Waals surface area contributed by atoms with Gasteiger partial charge in [0.25, 0.3) is 0 Å². The fraction of sp³-hybridized carbons (Fsp3) is 0.562. The number of aliphatic hydroxyl groups excluding tert-OH is 1. The Labute approximate surface area is 131 Å². The lowest BCUT2D eigenvalue weighted by Crippen LogP contribution is -2.08. The molecule has 0 aliphatic carbocycles. The summed E-state index contributed by atoms with van der Waals surface area (Å²) in [5.41, 5.74) is 0.387. The minimum absolute atomic E-state index is 0.0976. The zero-order valence-corrected chi connectivity index (χ0v) is 13.5. The van der Waals surface area contributed by atoms with Gasteiger partial charge in [-0.1, -0.05) is 11.6 Å². The Balaban J connectivity index is 2.54. The minimum atomic E-state index is -0.294. The van der Waals surface area contributed by atoms with Gasteiger partial charge in [0, 0.05) is 0 Å². The maximum absolute atomic E-state index is 9.14. The molecule has 0 saturated heterocycles. The predicted molar refractivity (Wildman–Crippen MR) is 82.7 cm³/mol. The Morgan fingerprint density at radius 2 is 2.05 bits per heavy atom. The van der Waals surface area contributed by atoms with Gasteiger partial charge in [0.05, 0.1) is 36.8 Å². The van der Waals surface area contributed by atoms with Crippen molar-refractivity contribution in [2.75, 3.05) is 13.7 Å². The Hall–Kier alpha value is -1.44. The number of hydrogen-bond donors (Lipinski definition) is 1. The van der Waals surface area contributed by atoms with Gasteiger partial charge in [-0.2, -0.15) is 5.26 Å². The highest BCUT2D eigenvalue weighted by Crippen LogP contribution is 2.36. The molecule has 0 heterocycles. The molecule has 5 heteroatoms. The first-order valence-electron chi connectivity index (χ1n) is 6.95. The van der Waals surface area contributed by atoms with Crippen molar-refractivity contribution in [1.82, 2.24) is 0 Å². The van der Waals surface area contributed by atoms with Crippen LogP contribution in [0.4, 0.5) is 0 Å². The normalized spacial score (nSPS) is 11.0. The van der Waals surface area contributed by atoms with Crippen molar-refractivity contribution in [3.8, 4) is 17.6 Å². The van der Waals surface area contributed by atoms with Gasteiger partial charge in [0.15, 0.2) is 11.5 Å². The second kappa shape index (κ2) is 8.11. The number of ether oxygens (including phenoxy) is 2. The van der Waals surface area contributed by atoms with E-state index >= 15 is 0 Å². The Morgan fingerprint density at radius 1 is 1.33 bits per heavy atom. The molecule has 1 aromatic carbocycles. The lowest BCUT2D eigenvalue weighted by Gasteiger charge is -2.16. The molecular weight excluding hydrogens is 290 g/mol. The Bertz CT molecular complexity index is 509. The van der Waals surface area contributed by atoms with Crippen LogP contribution in [-0.2, 0) is 6.61 Å². The number of unbranched alkanes of at least 4 members (excludes halogenated alkanes) is 1. The van der Waals surface area contributed by atoms with E-state index in [1.54, 1.807) is 12.1 Å². The molecule has 0 atom stereocenters. The molecule has 0 fully saturated rings. The standard InChI is InChI=1S/C16H22ClNO3/c1-16(2,11-18)6-4-5-7-21-15-13(17)8-12(10-19)9-14(15)20-3/h8-9,19H,4-7,10H2,1-3H3. The smallest absolute Gasteiger partial charge is 0.179 e. The van der Waals surface area contributed by atoms with Gasteiger partial charge in [-0.05, 0) is 50.8 Å². The molecule has 1 N–H and O–H groups in total. The van der Waals surface area contributed by atoms with Gasteiger partial charge in [-0.15, -0.1) is 0 Å². The van der Waals surface area contributed by atoms with Crippen molar-refractivity contribution in [2.24, 2.45) is 5.41 Å². The number of benzene rings is 1. The minimum Gasteiger partial charge on any atom is -0.493 e. The summed E-state index contributed by atoms with van der Waals surface area (Å²) in [6.07, 6.45) is 2.59. The maximum atomic E-state index is 9.14. The SMILES string of the molecule is COc1cc(CO)cc(Cl)c1OCCCCC(C)(C)C#N. The maximum Gasteiger partial charge on any atom is 0.179 e. The summed E-state index contributed by atoms with van der Waals surface area (Å²) in [6, 6.07) is 5.66. The summed E-state index contributed by atoms with van der Waals surface area (Å²) >= 11 is 6.14. The third kappa shape index (κ3) is 5.45. The number of rotatable bonds is 8. The lowest BCUT2D eigenvalue weighted by atomic mass is 9.89. The van der Waals surface area contributed by atoms with Gasteiger partial charge in [0.2, 0.25) is 0 Å². The molecule has 1 aromatic rings. The Morgan fingerprint density at radius 3 is 2.62 bits per heavy atom. The molecule has 0 spiro atoms. The number of nitrogens with zero attached hydrogens (tertiary/aromatic N) is 1. The van der Waals surface area contributed by atoms with Crippen LogP contribution in [0, 0.1) is 16.7 Å². The van der Waals surface area contributed by atoms with E-state index in [4.69, 9.17) is 31.4 Å². The highest BCUT2D eigenvalue weighted by molar-refractivity contribution is 6.32. The molecule has 4 nitrogen and oxygen atoms in total. The third-order valence-electron chi connectivity index (χ3n) is 3.22. The molecule has 0 unspecified atom stereocenters. The van der Waals surface area contributed by atoms with Crippen LogP contribution < -0.4 is 9.47 Å². The van der Waals surface area contributed by atoms with E-state index in [2.05, 4.69) is 6.07 Å². The van der Waals surface area contributed by atoms with Crippen molar-refractivity contribution in [3.05, 3.63) is 22.7 Å². The zero-order chi connectivity index (χ0) is 15.9. The van der Waals surface area contributed by atoms with Gasteiger partial charge in [-0.3, -0.25) is 0 Å². The summed E-state index contributed by atoms with van der Waals surface area (Å²) in [6.45, 7) is 4.28. The third-order valence-corrected chi connectivity index (χ3v) is 3.50. The fourth-order valence-corrected chi connectivity index (χ4v) is 2.19. The Kier molecular flexibility index (Phi) is 6.80. The first-order chi connectivity index (χ1) is 9.93. The number of halogens is 1. The van der Waals surface area contributed by atoms with Crippen molar-refractivity contribution >= 4 is 11.6 Å². The van der Waals surface area contributed by atoms with Gasteiger partial charge in [-0.25, -0.2) is 0 Å². The van der Waals surface area contributed by atoms with Crippen LogP contribution in [0.3, 0.4) is 0 Å². The highest BCUT2D eigenvalue weighted by atomic mass is 35.5. The molecule has 0 bridgehead atoms. The zero-order valence-electron chi connectivity index (χ0n) is 12.8.